The minimum atomic E-state index is -0.565. The lowest BCUT2D eigenvalue weighted by Crippen LogP contribution is -2.14. The van der Waals surface area contributed by atoms with Crippen LogP contribution < -0.4 is 4.74 Å². The highest BCUT2D eigenvalue weighted by Crippen LogP contribution is 2.35. The molecule has 0 saturated carbocycles. The molecule has 124 valence electrons. The van der Waals surface area contributed by atoms with Crippen LogP contribution in [-0.2, 0) is 22.6 Å². The van der Waals surface area contributed by atoms with Gasteiger partial charge in [-0.05, 0) is 49.1 Å². The smallest absolute Gasteiger partial charge is 0.336 e. The quantitative estimate of drug-likeness (QED) is 0.761. The maximum absolute atomic E-state index is 14.5. The largest absolute Gasteiger partial charge is 0.489 e. The van der Waals surface area contributed by atoms with E-state index in [4.69, 9.17) is 9.47 Å². The summed E-state index contributed by atoms with van der Waals surface area (Å²) in [5.41, 5.74) is 2.51. The number of carbonyl (C=O) groups excluding carboxylic acids is 1. The Morgan fingerprint density at radius 2 is 1.92 bits per heavy atom. The zero-order chi connectivity index (χ0) is 16.9. The maximum atomic E-state index is 14.5. The van der Waals surface area contributed by atoms with Crippen molar-refractivity contribution < 1.29 is 18.7 Å². The molecular weight excluding hydrogens is 307 g/mol. The number of fused-ring (bicyclic) bond motifs is 1. The van der Waals surface area contributed by atoms with Crippen molar-refractivity contribution in [2.24, 2.45) is 0 Å². The third-order valence-corrected chi connectivity index (χ3v) is 3.99. The Hall–Kier alpha value is -2.62. The molecule has 2 aromatic rings. The fourth-order valence-corrected chi connectivity index (χ4v) is 2.76. The van der Waals surface area contributed by atoms with Crippen LogP contribution in [0.15, 0.2) is 54.1 Å². The van der Waals surface area contributed by atoms with E-state index >= 15 is 0 Å². The number of benzene rings is 2. The van der Waals surface area contributed by atoms with Gasteiger partial charge in [0.2, 0.25) is 0 Å². The summed E-state index contributed by atoms with van der Waals surface area (Å²) in [6.45, 7) is 2.42. The SMILES string of the molecule is CCOC(=O)C1=C(F)c2ccc(OCc3ccccc3)cc2CC1. The van der Waals surface area contributed by atoms with Crippen molar-refractivity contribution in [3.63, 3.8) is 0 Å². The normalized spacial score (nSPS) is 13.4. The molecule has 4 heteroatoms. The Morgan fingerprint density at radius 1 is 1.12 bits per heavy atom. The third-order valence-electron chi connectivity index (χ3n) is 3.99. The van der Waals surface area contributed by atoms with Crippen LogP contribution in [0.5, 0.6) is 5.75 Å². The fourth-order valence-electron chi connectivity index (χ4n) is 2.76. The number of aryl methyl sites for hydroxylation is 1. The number of esters is 1. The molecule has 0 amide bonds. The first-order valence-electron chi connectivity index (χ1n) is 8.05. The molecule has 0 aliphatic heterocycles. The van der Waals surface area contributed by atoms with E-state index in [2.05, 4.69) is 0 Å². The van der Waals surface area contributed by atoms with Gasteiger partial charge in [0.15, 0.2) is 0 Å². The van der Waals surface area contributed by atoms with Gasteiger partial charge in [-0.25, -0.2) is 9.18 Å². The molecule has 0 atom stereocenters. The summed E-state index contributed by atoms with van der Waals surface area (Å²) >= 11 is 0. The van der Waals surface area contributed by atoms with E-state index < -0.39 is 11.8 Å². The molecular formula is C20H19FO3. The third kappa shape index (κ3) is 3.48. The van der Waals surface area contributed by atoms with Gasteiger partial charge in [0, 0.05) is 5.56 Å². The van der Waals surface area contributed by atoms with Crippen molar-refractivity contribution in [1.29, 1.82) is 0 Å². The van der Waals surface area contributed by atoms with Crippen LogP contribution in [0.4, 0.5) is 4.39 Å². The van der Waals surface area contributed by atoms with E-state index in [1.165, 1.54) is 0 Å². The van der Waals surface area contributed by atoms with Gasteiger partial charge in [0.1, 0.15) is 18.2 Å². The van der Waals surface area contributed by atoms with Crippen LogP contribution in [0.3, 0.4) is 0 Å². The minimum Gasteiger partial charge on any atom is -0.489 e. The van der Waals surface area contributed by atoms with Gasteiger partial charge in [0.25, 0.3) is 0 Å². The second-order valence-electron chi connectivity index (χ2n) is 5.61. The molecule has 2 aromatic carbocycles. The number of hydrogen-bond donors (Lipinski definition) is 0. The lowest BCUT2D eigenvalue weighted by Gasteiger charge is -2.18. The lowest BCUT2D eigenvalue weighted by molar-refractivity contribution is -0.138. The summed E-state index contributed by atoms with van der Waals surface area (Å²) < 4.78 is 25.2. The number of ether oxygens (including phenoxy) is 2. The second kappa shape index (κ2) is 7.30. The van der Waals surface area contributed by atoms with Crippen LogP contribution >= 0.6 is 0 Å². The molecule has 0 N–H and O–H groups in total. The Bertz CT molecular complexity index is 766. The Balaban J connectivity index is 1.77. The highest BCUT2D eigenvalue weighted by molar-refractivity contribution is 5.97. The monoisotopic (exact) mass is 326 g/mol. The maximum Gasteiger partial charge on any atom is 0.336 e. The predicted octanol–water partition coefficient (Wildman–Crippen LogP) is 4.46. The Labute approximate surface area is 140 Å². The standard InChI is InChI=1S/C20H19FO3/c1-2-23-20(22)18-10-8-15-12-16(9-11-17(15)19(18)21)24-13-14-6-4-3-5-7-14/h3-7,9,11-12H,2,8,10,13H2,1H3. The van der Waals surface area contributed by atoms with Crippen LogP contribution in [0.1, 0.15) is 30.0 Å². The van der Waals surface area contributed by atoms with E-state index in [-0.39, 0.29) is 12.2 Å². The second-order valence-corrected chi connectivity index (χ2v) is 5.61. The van der Waals surface area contributed by atoms with Gasteiger partial charge in [-0.3, -0.25) is 0 Å². The van der Waals surface area contributed by atoms with E-state index in [9.17, 15) is 9.18 Å². The molecule has 3 rings (SSSR count). The number of carbonyl (C=O) groups is 1. The van der Waals surface area contributed by atoms with Crippen molar-refractivity contribution in [3.8, 4) is 5.75 Å². The highest BCUT2D eigenvalue weighted by Gasteiger charge is 2.25. The van der Waals surface area contributed by atoms with Crippen molar-refractivity contribution in [2.75, 3.05) is 6.61 Å². The first-order valence-corrected chi connectivity index (χ1v) is 8.05. The van der Waals surface area contributed by atoms with E-state index in [0.717, 1.165) is 11.1 Å². The molecule has 0 heterocycles. The minimum absolute atomic E-state index is 0.127. The molecule has 0 fully saturated rings. The summed E-state index contributed by atoms with van der Waals surface area (Å²) in [7, 11) is 0. The first kappa shape index (κ1) is 16.2. The zero-order valence-electron chi connectivity index (χ0n) is 13.5. The van der Waals surface area contributed by atoms with Crippen LogP contribution in [-0.4, -0.2) is 12.6 Å². The Kier molecular flexibility index (Phi) is 4.94. The molecule has 3 nitrogen and oxygen atoms in total. The summed E-state index contributed by atoms with van der Waals surface area (Å²) in [6.07, 6.45) is 0.944. The summed E-state index contributed by atoms with van der Waals surface area (Å²) in [5.74, 6) is -0.348. The highest BCUT2D eigenvalue weighted by atomic mass is 19.1. The molecule has 0 radical (unpaired) electrons. The molecule has 1 aliphatic rings. The van der Waals surface area contributed by atoms with Crippen molar-refractivity contribution >= 4 is 11.8 Å². The molecule has 1 aliphatic carbocycles. The van der Waals surface area contributed by atoms with Crippen LogP contribution in [0, 0.1) is 0 Å². The van der Waals surface area contributed by atoms with Gasteiger partial charge in [-0.2, -0.15) is 0 Å². The Morgan fingerprint density at radius 3 is 2.67 bits per heavy atom. The molecule has 0 saturated heterocycles. The van der Waals surface area contributed by atoms with Gasteiger partial charge in [0.05, 0.1) is 12.2 Å². The van der Waals surface area contributed by atoms with Crippen molar-refractivity contribution in [1.82, 2.24) is 0 Å². The van der Waals surface area contributed by atoms with Crippen molar-refractivity contribution in [2.45, 2.75) is 26.4 Å². The average molecular weight is 326 g/mol. The fraction of sp³-hybridized carbons (Fsp3) is 0.250. The molecule has 0 bridgehead atoms. The van der Waals surface area contributed by atoms with Gasteiger partial charge < -0.3 is 9.47 Å². The number of rotatable bonds is 5. The summed E-state index contributed by atoms with van der Waals surface area (Å²) in [6, 6.07) is 15.1. The molecule has 0 unspecified atom stereocenters. The van der Waals surface area contributed by atoms with E-state index in [0.29, 0.717) is 30.8 Å². The van der Waals surface area contributed by atoms with Gasteiger partial charge in [-0.15, -0.1) is 0 Å². The predicted molar refractivity (Wildman–Crippen MR) is 90.2 cm³/mol. The van der Waals surface area contributed by atoms with Crippen molar-refractivity contribution in [3.05, 3.63) is 70.8 Å². The first-order chi connectivity index (χ1) is 11.7. The lowest BCUT2D eigenvalue weighted by atomic mass is 9.91. The molecule has 0 spiro atoms. The zero-order valence-corrected chi connectivity index (χ0v) is 13.5. The van der Waals surface area contributed by atoms with E-state index in [1.54, 1.807) is 19.1 Å². The van der Waals surface area contributed by atoms with E-state index in [1.807, 2.05) is 36.4 Å². The molecule has 0 aromatic heterocycles. The van der Waals surface area contributed by atoms with Crippen LogP contribution in [0.2, 0.25) is 0 Å². The van der Waals surface area contributed by atoms with Gasteiger partial charge in [-0.1, -0.05) is 30.3 Å². The average Bonchev–Trinajstić information content (AvgIpc) is 2.61. The van der Waals surface area contributed by atoms with Crippen LogP contribution in [0.25, 0.3) is 5.83 Å². The number of hydrogen-bond acceptors (Lipinski definition) is 3. The summed E-state index contributed by atoms with van der Waals surface area (Å²) in [5, 5.41) is 0. The van der Waals surface area contributed by atoms with Gasteiger partial charge >= 0.3 is 5.97 Å². The molecule has 24 heavy (non-hydrogen) atoms. The number of halogens is 1. The summed E-state index contributed by atoms with van der Waals surface area (Å²) in [4.78, 5) is 11.8. The topological polar surface area (TPSA) is 35.5 Å².